The molecule has 128 valence electrons. The number of nitrogens with zero attached hydrogens (tertiary/aromatic N) is 2. The summed E-state index contributed by atoms with van der Waals surface area (Å²) in [6, 6.07) is 1.38. The van der Waals surface area contributed by atoms with Gasteiger partial charge in [-0.15, -0.1) is 0 Å². The van der Waals surface area contributed by atoms with Crippen LogP contribution in [0.3, 0.4) is 0 Å². The molecule has 0 radical (unpaired) electrons. The minimum absolute atomic E-state index is 0.138. The molecule has 0 bridgehead atoms. The monoisotopic (exact) mass is 323 g/mol. The number of piperidine rings is 1. The van der Waals surface area contributed by atoms with Crippen molar-refractivity contribution in [2.45, 2.75) is 38.7 Å². The Morgan fingerprint density at radius 1 is 1.48 bits per heavy atom. The summed E-state index contributed by atoms with van der Waals surface area (Å²) in [4.78, 5) is 17.8. The van der Waals surface area contributed by atoms with Gasteiger partial charge in [0.05, 0.1) is 12.3 Å². The first kappa shape index (κ1) is 17.8. The van der Waals surface area contributed by atoms with Gasteiger partial charge in [0.1, 0.15) is 5.82 Å². The number of halogens is 1. The Kier molecular flexibility index (Phi) is 6.92. The molecule has 1 aliphatic heterocycles. The maximum absolute atomic E-state index is 13.0. The highest BCUT2D eigenvalue weighted by molar-refractivity contribution is 5.76. The number of aliphatic hydroxyl groups is 1. The Bertz CT molecular complexity index is 504. The first-order chi connectivity index (χ1) is 11.0. The molecule has 1 aromatic heterocycles. The quantitative estimate of drug-likeness (QED) is 0.795. The standard InChI is InChI=1S/C17H26FN3O2/c1-13-4-6-21(7-5-13)12-16(22)11-20-17(23)3-2-14-8-15(18)10-19-9-14/h8-10,13,16,22H,2-7,11-12H2,1H3,(H,20,23). The number of hydrogen-bond acceptors (Lipinski definition) is 4. The average Bonchev–Trinajstić information content (AvgIpc) is 2.53. The summed E-state index contributed by atoms with van der Waals surface area (Å²) in [6.45, 7) is 5.13. The molecule has 1 unspecified atom stereocenters. The van der Waals surface area contributed by atoms with Crippen LogP contribution in [0.15, 0.2) is 18.5 Å². The molecular formula is C17H26FN3O2. The van der Waals surface area contributed by atoms with Crippen LogP contribution >= 0.6 is 0 Å². The Hall–Kier alpha value is -1.53. The predicted molar refractivity (Wildman–Crippen MR) is 86.4 cm³/mol. The molecule has 1 aliphatic rings. The number of aromatic nitrogens is 1. The van der Waals surface area contributed by atoms with E-state index < -0.39 is 11.9 Å². The Morgan fingerprint density at radius 3 is 2.91 bits per heavy atom. The number of aryl methyl sites for hydroxylation is 1. The van der Waals surface area contributed by atoms with Crippen LogP contribution in [0.5, 0.6) is 0 Å². The van der Waals surface area contributed by atoms with E-state index in [1.165, 1.54) is 18.9 Å². The third-order valence-corrected chi connectivity index (χ3v) is 4.28. The topological polar surface area (TPSA) is 65.5 Å². The van der Waals surface area contributed by atoms with E-state index in [2.05, 4.69) is 22.1 Å². The van der Waals surface area contributed by atoms with Crippen molar-refractivity contribution in [1.29, 1.82) is 0 Å². The summed E-state index contributed by atoms with van der Waals surface area (Å²) < 4.78 is 13.0. The van der Waals surface area contributed by atoms with E-state index in [1.54, 1.807) is 6.20 Å². The molecule has 2 rings (SSSR count). The van der Waals surface area contributed by atoms with Crippen molar-refractivity contribution in [3.63, 3.8) is 0 Å². The van der Waals surface area contributed by atoms with Crippen molar-refractivity contribution >= 4 is 5.91 Å². The molecule has 1 aromatic rings. The van der Waals surface area contributed by atoms with Gasteiger partial charge in [0.25, 0.3) is 0 Å². The third-order valence-electron chi connectivity index (χ3n) is 4.28. The van der Waals surface area contributed by atoms with E-state index in [0.29, 0.717) is 18.5 Å². The van der Waals surface area contributed by atoms with E-state index in [-0.39, 0.29) is 18.9 Å². The van der Waals surface area contributed by atoms with Gasteiger partial charge in [-0.1, -0.05) is 6.92 Å². The summed E-state index contributed by atoms with van der Waals surface area (Å²) in [6.07, 6.45) is 5.18. The number of nitrogens with one attached hydrogen (secondary N) is 1. The lowest BCUT2D eigenvalue weighted by Crippen LogP contribution is -2.43. The number of pyridine rings is 1. The van der Waals surface area contributed by atoms with Crippen LogP contribution in [0.4, 0.5) is 4.39 Å². The smallest absolute Gasteiger partial charge is 0.220 e. The van der Waals surface area contributed by atoms with Gasteiger partial charge in [-0.2, -0.15) is 0 Å². The number of carbonyl (C=O) groups is 1. The van der Waals surface area contributed by atoms with E-state index in [0.717, 1.165) is 25.2 Å². The number of rotatable bonds is 7. The van der Waals surface area contributed by atoms with Gasteiger partial charge in [-0.25, -0.2) is 4.39 Å². The Labute approximate surface area is 136 Å². The normalized spacial score (nSPS) is 17.9. The molecule has 0 saturated carbocycles. The molecule has 5 nitrogen and oxygen atoms in total. The maximum Gasteiger partial charge on any atom is 0.220 e. The van der Waals surface area contributed by atoms with Gasteiger partial charge in [-0.3, -0.25) is 9.78 Å². The van der Waals surface area contributed by atoms with Crippen LogP contribution in [0.2, 0.25) is 0 Å². The van der Waals surface area contributed by atoms with Gasteiger partial charge in [0.15, 0.2) is 0 Å². The number of likely N-dealkylation sites (tertiary alicyclic amines) is 1. The molecule has 2 N–H and O–H groups in total. The largest absolute Gasteiger partial charge is 0.390 e. The van der Waals surface area contributed by atoms with Gasteiger partial charge >= 0.3 is 0 Å². The van der Waals surface area contributed by atoms with Crippen LogP contribution in [0.1, 0.15) is 31.7 Å². The van der Waals surface area contributed by atoms with Crippen molar-refractivity contribution in [2.24, 2.45) is 5.92 Å². The minimum Gasteiger partial charge on any atom is -0.390 e. The number of amides is 1. The molecule has 0 spiro atoms. The number of hydrogen-bond donors (Lipinski definition) is 2. The van der Waals surface area contributed by atoms with Gasteiger partial charge in [0, 0.05) is 25.7 Å². The Morgan fingerprint density at radius 2 is 2.22 bits per heavy atom. The highest BCUT2D eigenvalue weighted by Crippen LogP contribution is 2.15. The highest BCUT2D eigenvalue weighted by atomic mass is 19.1. The summed E-state index contributed by atoms with van der Waals surface area (Å²) in [5.41, 5.74) is 0.697. The fraction of sp³-hybridized carbons (Fsp3) is 0.647. The second kappa shape index (κ2) is 8.93. The third kappa shape index (κ3) is 6.62. The first-order valence-corrected chi connectivity index (χ1v) is 8.29. The molecule has 1 saturated heterocycles. The lowest BCUT2D eigenvalue weighted by Gasteiger charge is -2.31. The summed E-state index contributed by atoms with van der Waals surface area (Å²) >= 11 is 0. The van der Waals surface area contributed by atoms with E-state index in [4.69, 9.17) is 0 Å². The van der Waals surface area contributed by atoms with Crippen molar-refractivity contribution in [1.82, 2.24) is 15.2 Å². The molecule has 23 heavy (non-hydrogen) atoms. The predicted octanol–water partition coefficient (Wildman–Crippen LogP) is 1.36. The first-order valence-electron chi connectivity index (χ1n) is 8.29. The average molecular weight is 323 g/mol. The van der Waals surface area contributed by atoms with Crippen LogP contribution in [0, 0.1) is 11.7 Å². The Balaban J connectivity index is 1.62. The lowest BCUT2D eigenvalue weighted by atomic mass is 9.99. The molecule has 6 heteroatoms. The van der Waals surface area contributed by atoms with Crippen molar-refractivity contribution in [2.75, 3.05) is 26.2 Å². The molecular weight excluding hydrogens is 297 g/mol. The van der Waals surface area contributed by atoms with E-state index in [1.807, 2.05) is 0 Å². The maximum atomic E-state index is 13.0. The number of carbonyl (C=O) groups excluding carboxylic acids is 1. The summed E-state index contributed by atoms with van der Waals surface area (Å²) in [5.74, 6) is 0.232. The van der Waals surface area contributed by atoms with Crippen molar-refractivity contribution in [3.8, 4) is 0 Å². The van der Waals surface area contributed by atoms with Crippen LogP contribution in [-0.4, -0.2) is 53.2 Å². The zero-order valence-electron chi connectivity index (χ0n) is 13.7. The molecule has 2 heterocycles. The molecule has 1 fully saturated rings. The van der Waals surface area contributed by atoms with Gasteiger partial charge < -0.3 is 15.3 Å². The molecule has 0 aliphatic carbocycles. The van der Waals surface area contributed by atoms with Gasteiger partial charge in [-0.05, 0) is 49.9 Å². The fourth-order valence-electron chi connectivity index (χ4n) is 2.78. The highest BCUT2D eigenvalue weighted by Gasteiger charge is 2.18. The van der Waals surface area contributed by atoms with Crippen molar-refractivity contribution < 1.29 is 14.3 Å². The van der Waals surface area contributed by atoms with E-state index >= 15 is 0 Å². The zero-order valence-corrected chi connectivity index (χ0v) is 13.7. The van der Waals surface area contributed by atoms with Crippen LogP contribution in [0.25, 0.3) is 0 Å². The second-order valence-corrected chi connectivity index (χ2v) is 6.45. The molecule has 0 aromatic carbocycles. The molecule has 1 atom stereocenters. The lowest BCUT2D eigenvalue weighted by molar-refractivity contribution is -0.121. The zero-order chi connectivity index (χ0) is 16.7. The number of aliphatic hydroxyl groups excluding tert-OH is 1. The van der Waals surface area contributed by atoms with Crippen LogP contribution in [-0.2, 0) is 11.2 Å². The summed E-state index contributed by atoms with van der Waals surface area (Å²) in [5, 5.41) is 12.8. The SMILES string of the molecule is CC1CCN(CC(O)CNC(=O)CCc2cncc(F)c2)CC1. The van der Waals surface area contributed by atoms with E-state index in [9.17, 15) is 14.3 Å². The fourth-order valence-corrected chi connectivity index (χ4v) is 2.78. The van der Waals surface area contributed by atoms with Gasteiger partial charge in [0.2, 0.25) is 5.91 Å². The minimum atomic E-state index is -0.553. The van der Waals surface area contributed by atoms with Crippen LogP contribution < -0.4 is 5.32 Å². The second-order valence-electron chi connectivity index (χ2n) is 6.45. The van der Waals surface area contributed by atoms with Crippen molar-refractivity contribution in [3.05, 3.63) is 29.8 Å². The molecule has 1 amide bonds. The summed E-state index contributed by atoms with van der Waals surface area (Å²) in [7, 11) is 0. The number of β-amino-alcohol motifs (C(OH)–C–C–N with tert-alkyl or cyclic N) is 1.